The van der Waals surface area contributed by atoms with Crippen LogP contribution in [-0.4, -0.2) is 30.2 Å². The maximum atomic E-state index is 5.34. The van der Waals surface area contributed by atoms with Crippen LogP contribution in [0.5, 0.6) is 5.88 Å². The Balaban J connectivity index is 2.00. The Morgan fingerprint density at radius 1 is 1.19 bits per heavy atom. The zero-order chi connectivity index (χ0) is 11.0. The number of hydrogen-bond donors (Lipinski definition) is 1. The van der Waals surface area contributed by atoms with E-state index in [2.05, 4.69) is 20.2 Å². The van der Waals surface area contributed by atoms with Crippen molar-refractivity contribution in [1.82, 2.24) is 15.3 Å². The van der Waals surface area contributed by atoms with Gasteiger partial charge in [0.15, 0.2) is 0 Å². The molecule has 0 spiro atoms. The third kappa shape index (κ3) is 1.51. The molecule has 3 heterocycles. The van der Waals surface area contributed by atoms with Crippen molar-refractivity contribution < 1.29 is 4.74 Å². The van der Waals surface area contributed by atoms with E-state index < -0.39 is 0 Å². The van der Waals surface area contributed by atoms with Crippen molar-refractivity contribution in [2.75, 3.05) is 25.1 Å². The molecule has 0 atom stereocenters. The molecule has 16 heavy (non-hydrogen) atoms. The van der Waals surface area contributed by atoms with E-state index >= 15 is 0 Å². The lowest BCUT2D eigenvalue weighted by atomic mass is 10.2. The van der Waals surface area contributed by atoms with Crippen molar-refractivity contribution in [2.24, 2.45) is 0 Å². The van der Waals surface area contributed by atoms with Crippen LogP contribution in [0.25, 0.3) is 0 Å². The molecule has 2 aliphatic rings. The predicted octanol–water partition coefficient (Wildman–Crippen LogP) is 0.689. The fourth-order valence-electron chi connectivity index (χ4n) is 2.35. The van der Waals surface area contributed by atoms with Gasteiger partial charge < -0.3 is 15.0 Å². The zero-order valence-electron chi connectivity index (χ0n) is 9.49. The van der Waals surface area contributed by atoms with Crippen molar-refractivity contribution in [3.63, 3.8) is 0 Å². The molecule has 0 saturated carbocycles. The largest absolute Gasteiger partial charge is 0.481 e. The highest BCUT2D eigenvalue weighted by Crippen LogP contribution is 2.27. The van der Waals surface area contributed by atoms with Gasteiger partial charge in [0.25, 0.3) is 0 Å². The molecule has 5 heteroatoms. The monoisotopic (exact) mass is 220 g/mol. The van der Waals surface area contributed by atoms with E-state index in [1.54, 1.807) is 7.11 Å². The maximum Gasteiger partial charge on any atom is 0.228 e. The van der Waals surface area contributed by atoms with E-state index in [-0.39, 0.29) is 0 Å². The molecule has 1 N–H and O–H groups in total. The topological polar surface area (TPSA) is 50.3 Å². The van der Waals surface area contributed by atoms with Crippen molar-refractivity contribution >= 4 is 5.95 Å². The molecule has 0 radical (unpaired) electrons. The van der Waals surface area contributed by atoms with Crippen LogP contribution < -0.4 is 15.0 Å². The van der Waals surface area contributed by atoms with Crippen molar-refractivity contribution in [2.45, 2.75) is 25.9 Å². The summed E-state index contributed by atoms with van der Waals surface area (Å²) in [7, 11) is 1.68. The average molecular weight is 220 g/mol. The highest BCUT2D eigenvalue weighted by Gasteiger charge is 2.23. The minimum Gasteiger partial charge on any atom is -0.481 e. The highest BCUT2D eigenvalue weighted by atomic mass is 16.5. The molecule has 0 bridgehead atoms. The van der Waals surface area contributed by atoms with Crippen LogP contribution in [0.1, 0.15) is 24.1 Å². The molecular formula is C11H16N4O. The van der Waals surface area contributed by atoms with Crippen LogP contribution in [0.2, 0.25) is 0 Å². The first kappa shape index (κ1) is 9.84. The molecule has 2 aliphatic heterocycles. The number of aromatic nitrogens is 2. The fourth-order valence-corrected chi connectivity index (χ4v) is 2.35. The molecule has 1 aromatic rings. The zero-order valence-corrected chi connectivity index (χ0v) is 9.49. The number of nitrogens with one attached hydrogen (secondary N) is 1. The first-order valence-corrected chi connectivity index (χ1v) is 5.78. The molecule has 0 aliphatic carbocycles. The SMILES string of the molecule is COc1nc(N2CCCC2)nc2c1CNC2. The summed E-state index contributed by atoms with van der Waals surface area (Å²) in [6, 6.07) is 0. The molecule has 5 nitrogen and oxygen atoms in total. The number of nitrogens with zero attached hydrogens (tertiary/aromatic N) is 3. The van der Waals surface area contributed by atoms with Gasteiger partial charge >= 0.3 is 0 Å². The second-order valence-corrected chi connectivity index (χ2v) is 4.26. The normalized spacial score (nSPS) is 18.9. The van der Waals surface area contributed by atoms with Crippen LogP contribution in [0.4, 0.5) is 5.95 Å². The molecule has 0 amide bonds. The van der Waals surface area contributed by atoms with Gasteiger partial charge in [-0.15, -0.1) is 0 Å². The molecule has 0 aromatic carbocycles. The van der Waals surface area contributed by atoms with Crippen LogP contribution in [-0.2, 0) is 13.1 Å². The fraction of sp³-hybridized carbons (Fsp3) is 0.636. The summed E-state index contributed by atoms with van der Waals surface area (Å²) in [6.07, 6.45) is 2.47. The smallest absolute Gasteiger partial charge is 0.228 e. The van der Waals surface area contributed by atoms with E-state index in [0.717, 1.165) is 49.3 Å². The van der Waals surface area contributed by atoms with E-state index in [4.69, 9.17) is 4.74 Å². The Morgan fingerprint density at radius 3 is 2.75 bits per heavy atom. The second kappa shape index (κ2) is 3.90. The lowest BCUT2D eigenvalue weighted by molar-refractivity contribution is 0.391. The van der Waals surface area contributed by atoms with E-state index in [1.807, 2.05) is 0 Å². The molecule has 1 fully saturated rings. The molecule has 86 valence electrons. The van der Waals surface area contributed by atoms with Gasteiger partial charge in [-0.1, -0.05) is 0 Å². The number of hydrogen-bond acceptors (Lipinski definition) is 5. The first-order chi connectivity index (χ1) is 7.88. The van der Waals surface area contributed by atoms with E-state index in [1.165, 1.54) is 12.8 Å². The van der Waals surface area contributed by atoms with Gasteiger partial charge in [-0.2, -0.15) is 4.98 Å². The Kier molecular flexibility index (Phi) is 2.40. The Hall–Kier alpha value is -1.36. The van der Waals surface area contributed by atoms with Gasteiger partial charge in [0.2, 0.25) is 11.8 Å². The maximum absolute atomic E-state index is 5.34. The van der Waals surface area contributed by atoms with Gasteiger partial charge in [-0.3, -0.25) is 0 Å². The number of rotatable bonds is 2. The van der Waals surface area contributed by atoms with Crippen LogP contribution in [0.15, 0.2) is 0 Å². The summed E-state index contributed by atoms with van der Waals surface area (Å²) >= 11 is 0. The number of methoxy groups -OCH3 is 1. The molecule has 0 unspecified atom stereocenters. The van der Waals surface area contributed by atoms with Gasteiger partial charge in [0.1, 0.15) is 0 Å². The van der Waals surface area contributed by atoms with E-state index in [9.17, 15) is 0 Å². The Labute approximate surface area is 94.8 Å². The van der Waals surface area contributed by atoms with Gasteiger partial charge in [0.05, 0.1) is 18.4 Å². The lowest BCUT2D eigenvalue weighted by Crippen LogP contribution is -2.21. The number of anilines is 1. The molecule has 3 rings (SSSR count). The van der Waals surface area contributed by atoms with Crippen molar-refractivity contribution in [1.29, 1.82) is 0 Å². The van der Waals surface area contributed by atoms with Gasteiger partial charge in [-0.05, 0) is 12.8 Å². The average Bonchev–Trinajstić information content (AvgIpc) is 2.97. The summed E-state index contributed by atoms with van der Waals surface area (Å²) in [6.45, 7) is 3.78. The minimum atomic E-state index is 0.733. The second-order valence-electron chi connectivity index (χ2n) is 4.26. The van der Waals surface area contributed by atoms with Crippen molar-refractivity contribution in [3.8, 4) is 5.88 Å². The van der Waals surface area contributed by atoms with Crippen LogP contribution in [0, 0.1) is 0 Å². The number of ether oxygens (including phenoxy) is 1. The summed E-state index contributed by atoms with van der Waals surface area (Å²) in [5.74, 6) is 1.56. The van der Waals surface area contributed by atoms with Crippen LogP contribution in [0.3, 0.4) is 0 Å². The third-order valence-electron chi connectivity index (χ3n) is 3.22. The molecule has 1 saturated heterocycles. The molecule has 1 aromatic heterocycles. The van der Waals surface area contributed by atoms with E-state index in [0.29, 0.717) is 0 Å². The quantitative estimate of drug-likeness (QED) is 0.794. The number of fused-ring (bicyclic) bond motifs is 1. The standard InChI is InChI=1S/C11H16N4O/c1-16-10-8-6-12-7-9(8)13-11(14-10)15-4-2-3-5-15/h12H,2-7H2,1H3. The summed E-state index contributed by atoms with van der Waals surface area (Å²) in [4.78, 5) is 11.4. The lowest BCUT2D eigenvalue weighted by Gasteiger charge is -2.17. The summed E-state index contributed by atoms with van der Waals surface area (Å²) in [5.41, 5.74) is 2.21. The Bertz CT molecular complexity index is 401. The Morgan fingerprint density at radius 2 is 2.00 bits per heavy atom. The first-order valence-electron chi connectivity index (χ1n) is 5.78. The summed E-state index contributed by atoms with van der Waals surface area (Å²) < 4.78 is 5.34. The summed E-state index contributed by atoms with van der Waals surface area (Å²) in [5, 5.41) is 3.28. The van der Waals surface area contributed by atoms with Crippen LogP contribution >= 0.6 is 0 Å². The molecular weight excluding hydrogens is 204 g/mol. The van der Waals surface area contributed by atoms with Gasteiger partial charge in [-0.25, -0.2) is 4.98 Å². The third-order valence-corrected chi connectivity index (χ3v) is 3.22. The van der Waals surface area contributed by atoms with Crippen molar-refractivity contribution in [3.05, 3.63) is 11.3 Å². The minimum absolute atomic E-state index is 0.733. The predicted molar refractivity (Wildman–Crippen MR) is 60.6 cm³/mol. The van der Waals surface area contributed by atoms with Gasteiger partial charge in [0, 0.05) is 26.2 Å². The highest BCUT2D eigenvalue weighted by molar-refractivity contribution is 5.42.